The number of amides is 1. The number of hydrogen-bond acceptors (Lipinski definition) is 5. The molecule has 7 heteroatoms. The van der Waals surface area contributed by atoms with Crippen LogP contribution in [-0.2, 0) is 9.53 Å². The Balaban J connectivity index is 2.27. The van der Waals surface area contributed by atoms with Crippen LogP contribution in [0.4, 0.5) is 5.69 Å². The van der Waals surface area contributed by atoms with Crippen LogP contribution in [0.15, 0.2) is 54.6 Å². The van der Waals surface area contributed by atoms with E-state index in [2.05, 4.69) is 10.1 Å². The molecule has 24 heavy (non-hydrogen) atoms. The van der Waals surface area contributed by atoms with Crippen molar-refractivity contribution in [2.45, 2.75) is 12.5 Å². The van der Waals surface area contributed by atoms with Gasteiger partial charge in [0, 0.05) is 17.7 Å². The summed E-state index contributed by atoms with van der Waals surface area (Å²) in [5.74, 6) is -0.907. The highest BCUT2D eigenvalue weighted by molar-refractivity contribution is 5.94. The Morgan fingerprint density at radius 2 is 1.88 bits per heavy atom. The maximum Gasteiger partial charge on any atom is 0.307 e. The fraction of sp³-hybridized carbons (Fsp3) is 0.176. The lowest BCUT2D eigenvalue weighted by Gasteiger charge is -2.18. The van der Waals surface area contributed by atoms with Crippen molar-refractivity contribution in [3.63, 3.8) is 0 Å². The SMILES string of the molecule is COC(=O)CC(NC(=O)c1ccccc1)c1cccc([N+](=O)[O-])c1. The van der Waals surface area contributed by atoms with Gasteiger partial charge in [0.15, 0.2) is 0 Å². The van der Waals surface area contributed by atoms with E-state index in [9.17, 15) is 19.7 Å². The molecule has 0 radical (unpaired) electrons. The molecule has 0 saturated heterocycles. The number of rotatable bonds is 6. The Bertz CT molecular complexity index is 746. The summed E-state index contributed by atoms with van der Waals surface area (Å²) in [4.78, 5) is 34.3. The van der Waals surface area contributed by atoms with Gasteiger partial charge in [-0.1, -0.05) is 30.3 Å². The summed E-state index contributed by atoms with van der Waals surface area (Å²) in [7, 11) is 1.24. The molecular formula is C17H16N2O5. The first kappa shape index (κ1) is 17.1. The van der Waals surface area contributed by atoms with Crippen LogP contribution in [0.25, 0.3) is 0 Å². The summed E-state index contributed by atoms with van der Waals surface area (Å²) in [5, 5.41) is 13.6. The molecule has 124 valence electrons. The van der Waals surface area contributed by atoms with E-state index in [-0.39, 0.29) is 18.0 Å². The van der Waals surface area contributed by atoms with Crippen molar-refractivity contribution in [1.82, 2.24) is 5.32 Å². The summed E-state index contributed by atoms with van der Waals surface area (Å²) in [6, 6.07) is 13.6. The van der Waals surface area contributed by atoms with Crippen molar-refractivity contribution < 1.29 is 19.2 Å². The van der Waals surface area contributed by atoms with E-state index in [4.69, 9.17) is 0 Å². The summed E-state index contributed by atoms with van der Waals surface area (Å²) in [6.45, 7) is 0. The van der Waals surface area contributed by atoms with Gasteiger partial charge in [0.25, 0.3) is 11.6 Å². The van der Waals surface area contributed by atoms with E-state index in [1.54, 1.807) is 36.4 Å². The van der Waals surface area contributed by atoms with Crippen LogP contribution in [0, 0.1) is 10.1 Å². The average Bonchev–Trinajstić information content (AvgIpc) is 2.61. The van der Waals surface area contributed by atoms with Crippen LogP contribution in [0.5, 0.6) is 0 Å². The van der Waals surface area contributed by atoms with Crippen LogP contribution in [0.2, 0.25) is 0 Å². The summed E-state index contributed by atoms with van der Waals surface area (Å²) < 4.78 is 4.64. The van der Waals surface area contributed by atoms with Crippen LogP contribution in [0.1, 0.15) is 28.4 Å². The second-order valence-electron chi connectivity index (χ2n) is 5.02. The highest BCUT2D eigenvalue weighted by Crippen LogP contribution is 2.22. The third-order valence-electron chi connectivity index (χ3n) is 3.42. The van der Waals surface area contributed by atoms with Crippen molar-refractivity contribution in [3.05, 3.63) is 75.8 Å². The number of hydrogen-bond donors (Lipinski definition) is 1. The van der Waals surface area contributed by atoms with Gasteiger partial charge in [-0.3, -0.25) is 19.7 Å². The minimum atomic E-state index is -0.731. The van der Waals surface area contributed by atoms with Gasteiger partial charge in [0.05, 0.1) is 24.5 Å². The monoisotopic (exact) mass is 328 g/mol. The number of ether oxygens (including phenoxy) is 1. The molecule has 0 fully saturated rings. The fourth-order valence-corrected chi connectivity index (χ4v) is 2.19. The standard InChI is InChI=1S/C17H16N2O5/c1-24-16(20)11-15(13-8-5-9-14(10-13)19(22)23)18-17(21)12-6-3-2-4-7-12/h2-10,15H,11H2,1H3,(H,18,21). The Hall–Kier alpha value is -3.22. The maximum absolute atomic E-state index is 12.3. The van der Waals surface area contributed by atoms with Gasteiger partial charge in [-0.15, -0.1) is 0 Å². The van der Waals surface area contributed by atoms with Gasteiger partial charge in [-0.25, -0.2) is 0 Å². The molecule has 0 aromatic heterocycles. The molecule has 0 spiro atoms. The Labute approximate surface area is 138 Å². The number of carbonyl (C=O) groups excluding carboxylic acids is 2. The number of nitro groups is 1. The van der Waals surface area contributed by atoms with E-state index in [0.29, 0.717) is 11.1 Å². The Morgan fingerprint density at radius 3 is 2.50 bits per heavy atom. The van der Waals surface area contributed by atoms with E-state index in [1.165, 1.54) is 25.3 Å². The molecule has 0 aliphatic carbocycles. The van der Waals surface area contributed by atoms with Gasteiger partial charge in [0.1, 0.15) is 0 Å². The number of nitrogens with one attached hydrogen (secondary N) is 1. The molecule has 2 aromatic carbocycles. The Kier molecular flexibility index (Phi) is 5.62. The third kappa shape index (κ3) is 4.39. The molecule has 7 nitrogen and oxygen atoms in total. The molecule has 2 aromatic rings. The molecule has 0 bridgehead atoms. The van der Waals surface area contributed by atoms with Gasteiger partial charge in [-0.05, 0) is 17.7 Å². The number of benzene rings is 2. The number of carbonyl (C=O) groups is 2. The number of methoxy groups -OCH3 is 1. The topological polar surface area (TPSA) is 98.5 Å². The number of nitro benzene ring substituents is 1. The highest BCUT2D eigenvalue weighted by Gasteiger charge is 2.21. The second-order valence-corrected chi connectivity index (χ2v) is 5.02. The molecule has 0 aliphatic rings. The second kappa shape index (κ2) is 7.87. The van der Waals surface area contributed by atoms with Gasteiger partial charge in [0.2, 0.25) is 0 Å². The summed E-state index contributed by atoms with van der Waals surface area (Å²) in [5.41, 5.74) is 0.771. The summed E-state index contributed by atoms with van der Waals surface area (Å²) >= 11 is 0. The fourth-order valence-electron chi connectivity index (χ4n) is 2.19. The molecular weight excluding hydrogens is 312 g/mol. The molecule has 0 aliphatic heterocycles. The zero-order valence-corrected chi connectivity index (χ0v) is 13.0. The first-order valence-corrected chi connectivity index (χ1v) is 7.18. The normalized spacial score (nSPS) is 11.4. The third-order valence-corrected chi connectivity index (χ3v) is 3.42. The van der Waals surface area contributed by atoms with Gasteiger partial charge >= 0.3 is 5.97 Å². The van der Waals surface area contributed by atoms with Gasteiger partial charge < -0.3 is 10.1 Å². The predicted molar refractivity (Wildman–Crippen MR) is 86.4 cm³/mol. The molecule has 1 unspecified atom stereocenters. The Morgan fingerprint density at radius 1 is 1.17 bits per heavy atom. The lowest BCUT2D eigenvalue weighted by Crippen LogP contribution is -2.30. The van der Waals surface area contributed by atoms with Gasteiger partial charge in [-0.2, -0.15) is 0 Å². The van der Waals surface area contributed by atoms with Crippen molar-refractivity contribution in [1.29, 1.82) is 0 Å². The lowest BCUT2D eigenvalue weighted by atomic mass is 10.0. The summed E-state index contributed by atoms with van der Waals surface area (Å²) in [6.07, 6.45) is -0.129. The molecule has 1 amide bonds. The molecule has 0 saturated carbocycles. The van der Waals surface area contributed by atoms with Crippen molar-refractivity contribution >= 4 is 17.6 Å². The number of esters is 1. The number of non-ortho nitro benzene ring substituents is 1. The highest BCUT2D eigenvalue weighted by atomic mass is 16.6. The van der Waals surface area contributed by atoms with Crippen LogP contribution in [0.3, 0.4) is 0 Å². The quantitative estimate of drug-likeness (QED) is 0.499. The van der Waals surface area contributed by atoms with Crippen LogP contribution < -0.4 is 5.32 Å². The van der Waals surface area contributed by atoms with Crippen LogP contribution >= 0.6 is 0 Å². The number of nitrogens with zero attached hydrogens (tertiary/aromatic N) is 1. The average molecular weight is 328 g/mol. The smallest absolute Gasteiger partial charge is 0.307 e. The maximum atomic E-state index is 12.3. The van der Waals surface area contributed by atoms with Crippen molar-refractivity contribution in [2.24, 2.45) is 0 Å². The minimum Gasteiger partial charge on any atom is -0.469 e. The predicted octanol–water partition coefficient (Wildman–Crippen LogP) is 2.63. The van der Waals surface area contributed by atoms with E-state index in [0.717, 1.165) is 0 Å². The lowest BCUT2D eigenvalue weighted by molar-refractivity contribution is -0.384. The molecule has 1 atom stereocenters. The molecule has 2 rings (SSSR count). The molecule has 1 N–H and O–H groups in total. The minimum absolute atomic E-state index is 0.115. The van der Waals surface area contributed by atoms with E-state index >= 15 is 0 Å². The first-order chi connectivity index (χ1) is 11.5. The first-order valence-electron chi connectivity index (χ1n) is 7.18. The van der Waals surface area contributed by atoms with E-state index < -0.39 is 16.9 Å². The largest absolute Gasteiger partial charge is 0.469 e. The van der Waals surface area contributed by atoms with E-state index in [1.807, 2.05) is 0 Å². The molecule has 0 heterocycles. The zero-order chi connectivity index (χ0) is 17.5. The van der Waals surface area contributed by atoms with Crippen molar-refractivity contribution in [3.8, 4) is 0 Å². The van der Waals surface area contributed by atoms with Crippen molar-refractivity contribution in [2.75, 3.05) is 7.11 Å². The van der Waals surface area contributed by atoms with Crippen LogP contribution in [-0.4, -0.2) is 23.9 Å². The zero-order valence-electron chi connectivity index (χ0n) is 13.0.